The molecule has 1 fully saturated rings. The van der Waals surface area contributed by atoms with Crippen LogP contribution >= 0.6 is 11.3 Å². The summed E-state index contributed by atoms with van der Waals surface area (Å²) in [4.78, 5) is 16.4. The number of halogens is 6. The number of carbonyl (C=O) groups excluding carboxylic acids is 1. The summed E-state index contributed by atoms with van der Waals surface area (Å²) in [6.45, 7) is -0.987. The molecule has 2 rings (SSSR count). The van der Waals surface area contributed by atoms with Crippen LogP contribution in [-0.2, 0) is 11.0 Å². The van der Waals surface area contributed by atoms with Gasteiger partial charge < -0.3 is 9.80 Å². The number of rotatable bonds is 3. The van der Waals surface area contributed by atoms with E-state index in [4.69, 9.17) is 0 Å². The van der Waals surface area contributed by atoms with Crippen molar-refractivity contribution < 1.29 is 31.1 Å². The summed E-state index contributed by atoms with van der Waals surface area (Å²) in [6, 6.07) is 0. The summed E-state index contributed by atoms with van der Waals surface area (Å²) in [5, 5.41) is -0.0369. The molecule has 1 amide bonds. The van der Waals surface area contributed by atoms with Crippen LogP contribution < -0.4 is 4.90 Å². The van der Waals surface area contributed by atoms with Crippen LogP contribution in [0.15, 0.2) is 6.20 Å². The zero-order chi connectivity index (χ0) is 15.8. The first-order valence-electron chi connectivity index (χ1n) is 5.69. The second kappa shape index (κ2) is 5.35. The molecule has 0 atom stereocenters. The van der Waals surface area contributed by atoms with E-state index >= 15 is 0 Å². The molecule has 1 aliphatic heterocycles. The molecule has 1 saturated heterocycles. The summed E-state index contributed by atoms with van der Waals surface area (Å²) >= 11 is 0.353. The van der Waals surface area contributed by atoms with Gasteiger partial charge in [-0.1, -0.05) is 11.3 Å². The number of alkyl halides is 6. The Morgan fingerprint density at radius 2 is 1.90 bits per heavy atom. The minimum atomic E-state index is -4.53. The monoisotopic (exact) mass is 333 g/mol. The van der Waals surface area contributed by atoms with Crippen LogP contribution in [0.3, 0.4) is 0 Å². The van der Waals surface area contributed by atoms with Gasteiger partial charge in [0.15, 0.2) is 5.13 Å². The summed E-state index contributed by atoms with van der Waals surface area (Å²) in [6.07, 6.45) is -9.44. The fourth-order valence-corrected chi connectivity index (χ4v) is 2.50. The molecule has 118 valence electrons. The molecule has 0 aliphatic carbocycles. The van der Waals surface area contributed by atoms with E-state index in [0.29, 0.717) is 17.5 Å². The SMILES string of the molecule is O=C1CN(c2ncc(C(F)(F)F)s2)CN1CCC(F)(F)F. The molecular formula is C10H9F6N3OS. The Labute approximate surface area is 119 Å². The number of aromatic nitrogens is 1. The number of hydrogen-bond acceptors (Lipinski definition) is 4. The third-order valence-electron chi connectivity index (χ3n) is 2.73. The van der Waals surface area contributed by atoms with Crippen molar-refractivity contribution in [3.63, 3.8) is 0 Å². The molecule has 0 aromatic carbocycles. The van der Waals surface area contributed by atoms with Crippen molar-refractivity contribution in [2.45, 2.75) is 18.8 Å². The highest BCUT2D eigenvalue weighted by Crippen LogP contribution is 2.36. The number of thiazole rings is 1. The van der Waals surface area contributed by atoms with Crippen LogP contribution in [-0.4, -0.2) is 41.7 Å². The van der Waals surface area contributed by atoms with Crippen LogP contribution in [0, 0.1) is 0 Å². The first-order chi connectivity index (χ1) is 9.56. The molecule has 2 heterocycles. The van der Waals surface area contributed by atoms with Crippen molar-refractivity contribution in [3.05, 3.63) is 11.1 Å². The van der Waals surface area contributed by atoms with Gasteiger partial charge in [-0.05, 0) is 0 Å². The van der Waals surface area contributed by atoms with Gasteiger partial charge in [-0.25, -0.2) is 4.98 Å². The largest absolute Gasteiger partial charge is 0.427 e. The zero-order valence-corrected chi connectivity index (χ0v) is 11.1. The Kier molecular flexibility index (Phi) is 4.04. The predicted molar refractivity (Wildman–Crippen MR) is 61.7 cm³/mol. The van der Waals surface area contributed by atoms with Gasteiger partial charge >= 0.3 is 12.4 Å². The van der Waals surface area contributed by atoms with E-state index in [0.717, 1.165) is 4.90 Å². The minimum Gasteiger partial charge on any atom is -0.323 e. The lowest BCUT2D eigenvalue weighted by molar-refractivity contribution is -0.142. The van der Waals surface area contributed by atoms with Gasteiger partial charge in [0.2, 0.25) is 5.91 Å². The molecular weight excluding hydrogens is 324 g/mol. The van der Waals surface area contributed by atoms with Crippen molar-refractivity contribution in [1.82, 2.24) is 9.88 Å². The van der Waals surface area contributed by atoms with Gasteiger partial charge in [0, 0.05) is 6.54 Å². The van der Waals surface area contributed by atoms with Gasteiger partial charge in [-0.2, -0.15) is 26.3 Å². The highest BCUT2D eigenvalue weighted by Gasteiger charge is 2.37. The standard InChI is InChI=1S/C10H9F6N3OS/c11-9(12,13)1-2-18-5-19(4-7(18)20)8-17-3-6(21-8)10(14,15)16/h3H,1-2,4-5H2. The molecule has 1 aromatic heterocycles. The summed E-state index contributed by atoms with van der Waals surface area (Å²) in [5.74, 6) is -0.567. The van der Waals surface area contributed by atoms with Crippen LogP contribution in [0.2, 0.25) is 0 Å². The molecule has 0 radical (unpaired) electrons. The van der Waals surface area contributed by atoms with E-state index < -0.39 is 36.1 Å². The highest BCUT2D eigenvalue weighted by atomic mass is 32.1. The number of hydrogen-bond donors (Lipinski definition) is 0. The topological polar surface area (TPSA) is 36.4 Å². The molecule has 0 saturated carbocycles. The third kappa shape index (κ3) is 3.99. The van der Waals surface area contributed by atoms with Crippen molar-refractivity contribution in [2.75, 3.05) is 24.7 Å². The lowest BCUT2D eigenvalue weighted by Crippen LogP contribution is -2.31. The Bertz CT molecular complexity index is 526. The second-order valence-corrected chi connectivity index (χ2v) is 5.38. The first kappa shape index (κ1) is 15.9. The molecule has 11 heteroatoms. The lowest BCUT2D eigenvalue weighted by atomic mass is 10.4. The summed E-state index contributed by atoms with van der Waals surface area (Å²) in [7, 11) is 0. The highest BCUT2D eigenvalue weighted by molar-refractivity contribution is 7.15. The van der Waals surface area contributed by atoms with Crippen molar-refractivity contribution in [3.8, 4) is 0 Å². The Morgan fingerprint density at radius 1 is 1.24 bits per heavy atom. The van der Waals surface area contributed by atoms with Crippen molar-refractivity contribution >= 4 is 22.4 Å². The number of carbonyl (C=O) groups is 1. The van der Waals surface area contributed by atoms with Crippen LogP contribution in [0.5, 0.6) is 0 Å². The quantitative estimate of drug-likeness (QED) is 0.798. The number of nitrogens with zero attached hydrogens (tertiary/aromatic N) is 3. The molecule has 0 bridgehead atoms. The van der Waals surface area contributed by atoms with Crippen molar-refractivity contribution in [2.24, 2.45) is 0 Å². The smallest absolute Gasteiger partial charge is 0.323 e. The van der Waals surface area contributed by atoms with Crippen molar-refractivity contribution in [1.29, 1.82) is 0 Å². The average molecular weight is 333 g/mol. The maximum atomic E-state index is 12.4. The maximum Gasteiger partial charge on any atom is 0.427 e. The second-order valence-electron chi connectivity index (χ2n) is 4.37. The summed E-state index contributed by atoms with van der Waals surface area (Å²) in [5.41, 5.74) is 0. The first-order valence-corrected chi connectivity index (χ1v) is 6.50. The molecule has 0 spiro atoms. The fraction of sp³-hybridized carbons (Fsp3) is 0.600. The lowest BCUT2D eigenvalue weighted by Gasteiger charge is -2.18. The number of amides is 1. The molecule has 21 heavy (non-hydrogen) atoms. The van der Waals surface area contributed by atoms with Gasteiger partial charge in [-0.15, -0.1) is 0 Å². The molecule has 0 N–H and O–H groups in total. The molecule has 4 nitrogen and oxygen atoms in total. The molecule has 1 aliphatic rings. The minimum absolute atomic E-state index is 0.0369. The Morgan fingerprint density at radius 3 is 2.43 bits per heavy atom. The Balaban J connectivity index is 2.01. The predicted octanol–water partition coefficient (Wildman–Crippen LogP) is 2.72. The molecule has 1 aromatic rings. The summed E-state index contributed by atoms with van der Waals surface area (Å²) < 4.78 is 73.6. The van der Waals surface area contributed by atoms with E-state index in [2.05, 4.69) is 4.98 Å². The van der Waals surface area contributed by atoms with E-state index in [1.54, 1.807) is 0 Å². The van der Waals surface area contributed by atoms with Gasteiger partial charge in [0.25, 0.3) is 0 Å². The van der Waals surface area contributed by atoms with Crippen LogP contribution in [0.1, 0.15) is 11.3 Å². The average Bonchev–Trinajstić information content (AvgIpc) is 2.90. The number of anilines is 1. The third-order valence-corrected chi connectivity index (χ3v) is 3.83. The van der Waals surface area contributed by atoms with E-state index in [9.17, 15) is 31.1 Å². The van der Waals surface area contributed by atoms with Gasteiger partial charge in [0.1, 0.15) is 11.4 Å². The van der Waals surface area contributed by atoms with Gasteiger partial charge in [0.05, 0.1) is 19.3 Å². The van der Waals surface area contributed by atoms with Crippen LogP contribution in [0.25, 0.3) is 0 Å². The van der Waals surface area contributed by atoms with Gasteiger partial charge in [-0.3, -0.25) is 4.79 Å². The zero-order valence-electron chi connectivity index (χ0n) is 10.3. The maximum absolute atomic E-state index is 12.4. The van der Waals surface area contributed by atoms with E-state index in [-0.39, 0.29) is 18.3 Å². The Hall–Kier alpha value is -1.52. The van der Waals surface area contributed by atoms with E-state index in [1.165, 1.54) is 4.90 Å². The molecule has 0 unspecified atom stereocenters. The van der Waals surface area contributed by atoms with E-state index in [1.807, 2.05) is 0 Å². The fourth-order valence-electron chi connectivity index (χ4n) is 1.73. The van der Waals surface area contributed by atoms with Crippen LogP contribution in [0.4, 0.5) is 31.5 Å². The normalized spacial score (nSPS) is 17.0.